The Morgan fingerprint density at radius 3 is 2.90 bits per heavy atom. The summed E-state index contributed by atoms with van der Waals surface area (Å²) in [5, 5.41) is 1.11. The number of nitrogens with two attached hydrogens (primary N) is 1. The van der Waals surface area contributed by atoms with Gasteiger partial charge in [0.05, 0.1) is 10.2 Å². The molecule has 1 aliphatic heterocycles. The number of thiazole rings is 1. The van der Waals surface area contributed by atoms with Crippen molar-refractivity contribution >= 4 is 32.4 Å². The van der Waals surface area contributed by atoms with Crippen LogP contribution in [-0.4, -0.2) is 11.5 Å². The van der Waals surface area contributed by atoms with Gasteiger partial charge in [-0.15, -0.1) is 0 Å². The molecule has 2 aromatic carbocycles. The summed E-state index contributed by atoms with van der Waals surface area (Å²) in [6.07, 6.45) is 0.998. The van der Waals surface area contributed by atoms with Gasteiger partial charge in [0.25, 0.3) is 0 Å². The van der Waals surface area contributed by atoms with Gasteiger partial charge in [0, 0.05) is 18.8 Å². The van der Waals surface area contributed by atoms with Crippen LogP contribution < -0.4 is 10.6 Å². The quantitative estimate of drug-likeness (QED) is 0.695. The Balaban J connectivity index is 1.71. The van der Waals surface area contributed by atoms with E-state index in [1.807, 2.05) is 18.2 Å². The zero-order valence-electron chi connectivity index (χ0n) is 11.0. The standard InChI is InChI=1S/C16H15N3S/c17-13-5-3-4-11-10-19(9-8-12(11)13)16-18-14-6-1-2-7-15(14)20-16/h1-7H,8-10,17H2. The average Bonchev–Trinajstić information content (AvgIpc) is 2.91. The van der Waals surface area contributed by atoms with Gasteiger partial charge in [0.1, 0.15) is 0 Å². The Morgan fingerprint density at radius 2 is 2.00 bits per heavy atom. The van der Waals surface area contributed by atoms with E-state index in [1.165, 1.54) is 15.8 Å². The van der Waals surface area contributed by atoms with Gasteiger partial charge in [-0.3, -0.25) is 0 Å². The summed E-state index contributed by atoms with van der Waals surface area (Å²) in [7, 11) is 0. The van der Waals surface area contributed by atoms with Gasteiger partial charge in [-0.1, -0.05) is 35.6 Å². The second kappa shape index (κ2) is 4.49. The largest absolute Gasteiger partial charge is 0.398 e. The highest BCUT2D eigenvalue weighted by Crippen LogP contribution is 2.32. The van der Waals surface area contributed by atoms with E-state index < -0.39 is 0 Å². The number of rotatable bonds is 1. The summed E-state index contributed by atoms with van der Waals surface area (Å²) in [6, 6.07) is 14.5. The molecule has 20 heavy (non-hydrogen) atoms. The maximum absolute atomic E-state index is 6.06. The van der Waals surface area contributed by atoms with E-state index in [0.29, 0.717) is 0 Å². The van der Waals surface area contributed by atoms with Crippen LogP contribution in [0.5, 0.6) is 0 Å². The predicted octanol–water partition coefficient (Wildman–Crippen LogP) is 3.44. The number of fused-ring (bicyclic) bond motifs is 2. The first-order valence-corrected chi connectivity index (χ1v) is 7.60. The van der Waals surface area contributed by atoms with E-state index in [2.05, 4.69) is 29.2 Å². The first kappa shape index (κ1) is 11.7. The topological polar surface area (TPSA) is 42.1 Å². The van der Waals surface area contributed by atoms with Crippen LogP contribution in [0.4, 0.5) is 10.8 Å². The molecule has 2 heterocycles. The van der Waals surface area contributed by atoms with Crippen LogP contribution in [0.2, 0.25) is 0 Å². The molecule has 3 nitrogen and oxygen atoms in total. The fraction of sp³-hybridized carbons (Fsp3) is 0.188. The lowest BCUT2D eigenvalue weighted by molar-refractivity contribution is 0.731. The minimum absolute atomic E-state index is 0.903. The van der Waals surface area contributed by atoms with Crippen molar-refractivity contribution in [3.63, 3.8) is 0 Å². The minimum Gasteiger partial charge on any atom is -0.398 e. The number of nitrogens with zero attached hydrogens (tertiary/aromatic N) is 2. The molecule has 1 aromatic heterocycles. The normalized spacial score (nSPS) is 14.5. The van der Waals surface area contributed by atoms with Crippen LogP contribution in [0, 0.1) is 0 Å². The van der Waals surface area contributed by atoms with E-state index in [4.69, 9.17) is 10.7 Å². The first-order chi connectivity index (χ1) is 9.81. The monoisotopic (exact) mass is 281 g/mol. The summed E-state index contributed by atoms with van der Waals surface area (Å²) in [5.41, 5.74) is 10.7. The number of benzene rings is 2. The molecule has 0 spiro atoms. The zero-order valence-corrected chi connectivity index (χ0v) is 11.9. The Labute approximate surface area is 121 Å². The first-order valence-electron chi connectivity index (χ1n) is 6.78. The lowest BCUT2D eigenvalue weighted by atomic mass is 9.98. The number of nitrogen functional groups attached to an aromatic ring is 1. The molecule has 4 heteroatoms. The number of hydrogen-bond acceptors (Lipinski definition) is 4. The summed E-state index contributed by atoms with van der Waals surface area (Å²) in [4.78, 5) is 7.10. The molecule has 2 N–H and O–H groups in total. The molecule has 0 saturated heterocycles. The van der Waals surface area contributed by atoms with Gasteiger partial charge in [0.2, 0.25) is 0 Å². The van der Waals surface area contributed by atoms with Crippen molar-refractivity contribution in [2.45, 2.75) is 13.0 Å². The van der Waals surface area contributed by atoms with Gasteiger partial charge < -0.3 is 10.6 Å². The number of para-hydroxylation sites is 1. The Kier molecular flexibility index (Phi) is 2.63. The van der Waals surface area contributed by atoms with Crippen molar-refractivity contribution in [1.82, 2.24) is 4.98 Å². The van der Waals surface area contributed by atoms with E-state index in [-0.39, 0.29) is 0 Å². The second-order valence-corrected chi connectivity index (χ2v) is 6.13. The summed E-state index contributed by atoms with van der Waals surface area (Å²) < 4.78 is 1.25. The van der Waals surface area contributed by atoms with E-state index in [0.717, 1.165) is 35.8 Å². The SMILES string of the molecule is Nc1cccc2c1CCN(c1nc3ccccc3s1)C2. The summed E-state index contributed by atoms with van der Waals surface area (Å²) in [6.45, 7) is 1.89. The molecule has 0 radical (unpaired) electrons. The van der Waals surface area contributed by atoms with E-state index in [1.54, 1.807) is 11.3 Å². The number of anilines is 2. The third-order valence-electron chi connectivity index (χ3n) is 3.86. The lowest BCUT2D eigenvalue weighted by Gasteiger charge is -2.29. The summed E-state index contributed by atoms with van der Waals surface area (Å²) >= 11 is 1.77. The molecule has 0 aliphatic carbocycles. The van der Waals surface area contributed by atoms with Gasteiger partial charge in [0.15, 0.2) is 5.13 Å². The van der Waals surface area contributed by atoms with Gasteiger partial charge in [-0.2, -0.15) is 0 Å². The number of hydrogen-bond donors (Lipinski definition) is 1. The molecule has 0 amide bonds. The fourth-order valence-corrected chi connectivity index (χ4v) is 3.79. The molecule has 4 rings (SSSR count). The molecule has 0 atom stereocenters. The molecule has 0 fully saturated rings. The fourth-order valence-electron chi connectivity index (χ4n) is 2.80. The van der Waals surface area contributed by atoms with Crippen LogP contribution in [0.1, 0.15) is 11.1 Å². The molecule has 0 unspecified atom stereocenters. The van der Waals surface area contributed by atoms with Crippen molar-refractivity contribution in [3.8, 4) is 0 Å². The number of aromatic nitrogens is 1. The second-order valence-electron chi connectivity index (χ2n) is 5.12. The van der Waals surface area contributed by atoms with Crippen molar-refractivity contribution in [2.24, 2.45) is 0 Å². The van der Waals surface area contributed by atoms with Crippen LogP contribution in [0.3, 0.4) is 0 Å². The van der Waals surface area contributed by atoms with E-state index >= 15 is 0 Å². The Bertz CT molecular complexity index is 745. The molecule has 0 bridgehead atoms. The van der Waals surface area contributed by atoms with Gasteiger partial charge in [-0.05, 0) is 35.7 Å². The Morgan fingerprint density at radius 1 is 1.10 bits per heavy atom. The van der Waals surface area contributed by atoms with Crippen LogP contribution >= 0.6 is 11.3 Å². The Hall–Kier alpha value is -2.07. The highest BCUT2D eigenvalue weighted by Gasteiger charge is 2.20. The van der Waals surface area contributed by atoms with Gasteiger partial charge in [-0.25, -0.2) is 4.98 Å². The van der Waals surface area contributed by atoms with Crippen molar-refractivity contribution in [1.29, 1.82) is 0 Å². The third-order valence-corrected chi connectivity index (χ3v) is 4.95. The van der Waals surface area contributed by atoms with Crippen LogP contribution in [-0.2, 0) is 13.0 Å². The summed E-state index contributed by atoms with van der Waals surface area (Å²) in [5.74, 6) is 0. The zero-order chi connectivity index (χ0) is 13.5. The highest BCUT2D eigenvalue weighted by atomic mass is 32.1. The average molecular weight is 281 g/mol. The smallest absolute Gasteiger partial charge is 0.186 e. The molecule has 100 valence electrons. The van der Waals surface area contributed by atoms with Crippen LogP contribution in [0.15, 0.2) is 42.5 Å². The molecule has 0 saturated carbocycles. The lowest BCUT2D eigenvalue weighted by Crippen LogP contribution is -2.30. The third kappa shape index (κ3) is 1.84. The minimum atomic E-state index is 0.903. The highest BCUT2D eigenvalue weighted by molar-refractivity contribution is 7.22. The molecule has 1 aliphatic rings. The molecular formula is C16H15N3S. The molecule has 3 aromatic rings. The van der Waals surface area contributed by atoms with E-state index in [9.17, 15) is 0 Å². The maximum Gasteiger partial charge on any atom is 0.186 e. The predicted molar refractivity (Wildman–Crippen MR) is 85.2 cm³/mol. The van der Waals surface area contributed by atoms with Crippen molar-refractivity contribution in [2.75, 3.05) is 17.2 Å². The van der Waals surface area contributed by atoms with Crippen molar-refractivity contribution in [3.05, 3.63) is 53.6 Å². The molecular weight excluding hydrogens is 266 g/mol. The van der Waals surface area contributed by atoms with Crippen molar-refractivity contribution < 1.29 is 0 Å². The van der Waals surface area contributed by atoms with Gasteiger partial charge >= 0.3 is 0 Å². The van der Waals surface area contributed by atoms with Crippen LogP contribution in [0.25, 0.3) is 10.2 Å². The maximum atomic E-state index is 6.06.